The van der Waals surface area contributed by atoms with Gasteiger partial charge in [0.25, 0.3) is 0 Å². The van der Waals surface area contributed by atoms with E-state index in [0.717, 1.165) is 23.0 Å². The van der Waals surface area contributed by atoms with Crippen molar-refractivity contribution < 1.29 is 35.5 Å². The van der Waals surface area contributed by atoms with Gasteiger partial charge in [-0.15, -0.1) is 10.2 Å². The molecule has 0 bridgehead atoms. The monoisotopic (exact) mass is 557 g/mol. The molecular formula is C22H23F4N7O4S. The summed E-state index contributed by atoms with van der Waals surface area (Å²) in [6, 6.07) is 6.44. The number of aryl methyl sites for hydroxylation is 1. The van der Waals surface area contributed by atoms with Crippen LogP contribution >= 0.6 is 0 Å². The third-order valence-electron chi connectivity index (χ3n) is 5.88. The Balaban J connectivity index is 1.39. The number of piperazine rings is 1. The van der Waals surface area contributed by atoms with E-state index in [1.54, 1.807) is 11.8 Å². The Hall–Kier alpha value is -3.79. The van der Waals surface area contributed by atoms with E-state index in [-0.39, 0.29) is 55.5 Å². The summed E-state index contributed by atoms with van der Waals surface area (Å²) in [5.74, 6) is -0.413. The minimum absolute atomic E-state index is 0.105. The van der Waals surface area contributed by atoms with Crippen LogP contribution in [0.5, 0.6) is 0 Å². The topological polar surface area (TPSA) is 137 Å². The van der Waals surface area contributed by atoms with Gasteiger partial charge in [0, 0.05) is 26.2 Å². The SMILES string of the molecule is Cc1nnn(Cc2cc(C(F)(F)F)ccc2COC(=O)N2CCN(c3ccc(S(N)(=O)=O)cc3F)CC2)n1. The fraction of sp³-hybridized carbons (Fsp3) is 0.364. The van der Waals surface area contributed by atoms with Crippen LogP contribution in [0.3, 0.4) is 0 Å². The summed E-state index contributed by atoms with van der Waals surface area (Å²) in [6.07, 6.45) is -5.25. The molecule has 0 spiro atoms. The number of carbonyl (C=O) groups excluding carboxylic acids is 1. The Morgan fingerprint density at radius 1 is 1.08 bits per heavy atom. The molecule has 2 N–H and O–H groups in total. The average Bonchev–Trinajstić information content (AvgIpc) is 3.26. The number of anilines is 1. The van der Waals surface area contributed by atoms with E-state index in [0.29, 0.717) is 11.4 Å². The Kier molecular flexibility index (Phi) is 7.55. The predicted molar refractivity (Wildman–Crippen MR) is 125 cm³/mol. The third kappa shape index (κ3) is 6.36. The van der Waals surface area contributed by atoms with Gasteiger partial charge in [-0.05, 0) is 53.6 Å². The highest BCUT2D eigenvalue weighted by Gasteiger charge is 2.31. The Morgan fingerprint density at radius 3 is 2.37 bits per heavy atom. The summed E-state index contributed by atoms with van der Waals surface area (Å²) in [4.78, 5) is 16.5. The number of benzene rings is 2. The lowest BCUT2D eigenvalue weighted by atomic mass is 10.0. The molecule has 2 heterocycles. The second-order valence-electron chi connectivity index (χ2n) is 8.54. The lowest BCUT2D eigenvalue weighted by Crippen LogP contribution is -2.49. The smallest absolute Gasteiger partial charge is 0.416 e. The van der Waals surface area contributed by atoms with Gasteiger partial charge in [0.1, 0.15) is 12.4 Å². The van der Waals surface area contributed by atoms with Crippen LogP contribution < -0.4 is 10.0 Å². The largest absolute Gasteiger partial charge is 0.445 e. The van der Waals surface area contributed by atoms with Crippen molar-refractivity contribution in [3.63, 3.8) is 0 Å². The van der Waals surface area contributed by atoms with Gasteiger partial charge in [-0.3, -0.25) is 0 Å². The van der Waals surface area contributed by atoms with Gasteiger partial charge in [0.15, 0.2) is 5.82 Å². The van der Waals surface area contributed by atoms with Crippen molar-refractivity contribution >= 4 is 21.8 Å². The number of hydrogen-bond acceptors (Lipinski definition) is 8. The van der Waals surface area contributed by atoms with Gasteiger partial charge in [-0.25, -0.2) is 22.7 Å². The van der Waals surface area contributed by atoms with E-state index < -0.39 is 33.7 Å². The maximum atomic E-state index is 14.5. The molecule has 1 aliphatic rings. The molecule has 1 amide bonds. The lowest BCUT2D eigenvalue weighted by Gasteiger charge is -2.35. The Labute approximate surface area is 214 Å². The molecule has 0 aliphatic carbocycles. The number of primary sulfonamides is 1. The zero-order valence-corrected chi connectivity index (χ0v) is 20.8. The lowest BCUT2D eigenvalue weighted by molar-refractivity contribution is -0.137. The molecule has 1 fully saturated rings. The number of carbonyl (C=O) groups is 1. The van der Waals surface area contributed by atoms with E-state index in [1.807, 2.05) is 0 Å². The average molecular weight is 558 g/mol. The number of nitrogens with zero attached hydrogens (tertiary/aromatic N) is 6. The van der Waals surface area contributed by atoms with Gasteiger partial charge < -0.3 is 14.5 Å². The summed E-state index contributed by atoms with van der Waals surface area (Å²) in [7, 11) is -4.05. The Bertz CT molecular complexity index is 1440. The molecule has 38 heavy (non-hydrogen) atoms. The molecule has 0 saturated carbocycles. The van der Waals surface area contributed by atoms with Crippen LogP contribution in [-0.2, 0) is 34.1 Å². The highest BCUT2D eigenvalue weighted by atomic mass is 32.2. The molecule has 11 nitrogen and oxygen atoms in total. The minimum Gasteiger partial charge on any atom is -0.445 e. The molecule has 3 aromatic rings. The first-order valence-corrected chi connectivity index (χ1v) is 12.8. The number of hydrogen-bond donors (Lipinski definition) is 1. The normalized spacial score (nSPS) is 14.6. The van der Waals surface area contributed by atoms with E-state index in [9.17, 15) is 30.8 Å². The quantitative estimate of drug-likeness (QED) is 0.456. The van der Waals surface area contributed by atoms with E-state index in [1.165, 1.54) is 23.1 Å². The number of alkyl halides is 3. The molecule has 2 aromatic carbocycles. The summed E-state index contributed by atoms with van der Waals surface area (Å²) in [5, 5.41) is 16.5. The molecule has 1 aromatic heterocycles. The fourth-order valence-electron chi connectivity index (χ4n) is 3.91. The molecule has 0 atom stereocenters. The number of tetrazole rings is 1. The molecule has 16 heteroatoms. The van der Waals surface area contributed by atoms with Crippen LogP contribution in [-0.4, -0.2) is 65.8 Å². The van der Waals surface area contributed by atoms with Gasteiger partial charge in [0.05, 0.1) is 22.7 Å². The fourth-order valence-corrected chi connectivity index (χ4v) is 4.44. The van der Waals surface area contributed by atoms with Crippen LogP contribution in [0.2, 0.25) is 0 Å². The van der Waals surface area contributed by atoms with Crippen LogP contribution in [0.15, 0.2) is 41.3 Å². The van der Waals surface area contributed by atoms with Crippen molar-refractivity contribution in [2.45, 2.75) is 31.1 Å². The maximum Gasteiger partial charge on any atom is 0.416 e. The summed E-state index contributed by atoms with van der Waals surface area (Å²) >= 11 is 0. The maximum absolute atomic E-state index is 14.5. The van der Waals surface area contributed by atoms with Crippen molar-refractivity contribution in [3.05, 3.63) is 64.7 Å². The van der Waals surface area contributed by atoms with Gasteiger partial charge in [-0.2, -0.15) is 18.0 Å². The first-order valence-electron chi connectivity index (χ1n) is 11.2. The van der Waals surface area contributed by atoms with Crippen LogP contribution in [0.4, 0.5) is 28.0 Å². The second-order valence-corrected chi connectivity index (χ2v) is 10.1. The standard InChI is InChI=1S/C22H23F4N7O4S/c1-14-28-30-33(29-14)12-16-10-17(22(24,25)26)3-2-15(16)13-37-21(34)32-8-6-31(7-9-32)20-5-4-18(11-19(20)23)38(27,35)36/h2-5,10-11H,6-9,12-13H2,1H3,(H2,27,35,36). The second kappa shape index (κ2) is 10.5. The number of ether oxygens (including phenoxy) is 1. The highest BCUT2D eigenvalue weighted by Crippen LogP contribution is 2.31. The number of aromatic nitrogens is 4. The van der Waals surface area contributed by atoms with E-state index >= 15 is 0 Å². The Morgan fingerprint density at radius 2 is 1.79 bits per heavy atom. The molecule has 1 saturated heterocycles. The van der Waals surface area contributed by atoms with E-state index in [4.69, 9.17) is 9.88 Å². The summed E-state index contributed by atoms with van der Waals surface area (Å²) in [6.45, 7) is 2.03. The van der Waals surface area contributed by atoms with Crippen LogP contribution in [0.1, 0.15) is 22.5 Å². The molecule has 1 aliphatic heterocycles. The zero-order chi connectivity index (χ0) is 27.7. The molecule has 0 radical (unpaired) electrons. The number of nitrogens with two attached hydrogens (primary N) is 1. The van der Waals surface area contributed by atoms with Crippen molar-refractivity contribution in [2.24, 2.45) is 5.14 Å². The van der Waals surface area contributed by atoms with E-state index in [2.05, 4.69) is 15.4 Å². The van der Waals surface area contributed by atoms with Crippen molar-refractivity contribution in [2.75, 3.05) is 31.1 Å². The van der Waals surface area contributed by atoms with Crippen molar-refractivity contribution in [3.8, 4) is 0 Å². The number of sulfonamides is 1. The molecule has 204 valence electrons. The van der Waals surface area contributed by atoms with Gasteiger partial charge >= 0.3 is 12.3 Å². The summed E-state index contributed by atoms with van der Waals surface area (Å²) < 4.78 is 82.4. The number of rotatable bonds is 6. The summed E-state index contributed by atoms with van der Waals surface area (Å²) in [5.41, 5.74) is -0.137. The minimum atomic E-state index is -4.56. The van der Waals surface area contributed by atoms with Crippen LogP contribution in [0, 0.1) is 12.7 Å². The van der Waals surface area contributed by atoms with Gasteiger partial charge in [-0.1, -0.05) is 6.07 Å². The molecule has 0 unspecified atom stereocenters. The number of amides is 1. The third-order valence-corrected chi connectivity index (χ3v) is 6.79. The molecule has 4 rings (SSSR count). The first-order chi connectivity index (χ1) is 17.8. The number of halogens is 4. The predicted octanol–water partition coefficient (Wildman–Crippen LogP) is 2.29. The van der Waals surface area contributed by atoms with Crippen molar-refractivity contribution in [1.82, 2.24) is 25.1 Å². The molecular weight excluding hydrogens is 534 g/mol. The van der Waals surface area contributed by atoms with Crippen molar-refractivity contribution in [1.29, 1.82) is 0 Å². The first kappa shape index (κ1) is 27.3. The highest BCUT2D eigenvalue weighted by molar-refractivity contribution is 7.89. The zero-order valence-electron chi connectivity index (χ0n) is 20.0. The van der Waals surface area contributed by atoms with Crippen LogP contribution in [0.25, 0.3) is 0 Å². The van der Waals surface area contributed by atoms with Gasteiger partial charge in [0.2, 0.25) is 10.0 Å².